The fourth-order valence-corrected chi connectivity index (χ4v) is 1.88. The molecule has 0 saturated heterocycles. The number of hydrogen-bond acceptors (Lipinski definition) is 3. The van der Waals surface area contributed by atoms with Gasteiger partial charge in [-0.25, -0.2) is 0 Å². The summed E-state index contributed by atoms with van der Waals surface area (Å²) >= 11 is 5.96. The van der Waals surface area contributed by atoms with Crippen molar-refractivity contribution in [1.29, 1.82) is 0 Å². The fourth-order valence-electron chi connectivity index (χ4n) is 1.73. The van der Waals surface area contributed by atoms with Crippen molar-refractivity contribution in [1.82, 2.24) is 15.1 Å². The molecule has 0 aliphatic carbocycles. The number of halogens is 1. The first-order chi connectivity index (χ1) is 8.11. The minimum atomic E-state index is 0.614. The number of nitrogens with zero attached hydrogens (tertiary/aromatic N) is 2. The smallest absolute Gasteiger partial charge is 0.126 e. The van der Waals surface area contributed by atoms with E-state index in [9.17, 15) is 0 Å². The summed E-state index contributed by atoms with van der Waals surface area (Å²) in [6.45, 7) is 5.34. The van der Waals surface area contributed by atoms with Crippen LogP contribution in [-0.2, 0) is 13.1 Å². The maximum atomic E-state index is 5.96. The molecule has 0 atom stereocenters. The van der Waals surface area contributed by atoms with Crippen molar-refractivity contribution < 1.29 is 4.42 Å². The third kappa shape index (κ3) is 2.53. The van der Waals surface area contributed by atoms with Gasteiger partial charge in [-0.1, -0.05) is 11.6 Å². The van der Waals surface area contributed by atoms with Gasteiger partial charge in [-0.2, -0.15) is 5.10 Å². The van der Waals surface area contributed by atoms with Crippen LogP contribution in [0.4, 0.5) is 0 Å². The van der Waals surface area contributed by atoms with Crippen molar-refractivity contribution in [3.8, 4) is 0 Å². The largest absolute Gasteiger partial charge is 0.462 e. The number of aryl methyl sites for hydroxylation is 1. The molecule has 0 amide bonds. The van der Waals surface area contributed by atoms with E-state index in [1.54, 1.807) is 6.20 Å². The fraction of sp³-hybridized carbons (Fsp3) is 0.417. The van der Waals surface area contributed by atoms with E-state index in [1.807, 2.05) is 31.6 Å². The van der Waals surface area contributed by atoms with Crippen LogP contribution in [0.5, 0.6) is 0 Å². The second kappa shape index (κ2) is 4.94. The van der Waals surface area contributed by atoms with Gasteiger partial charge in [-0.05, 0) is 32.5 Å². The molecule has 2 aromatic rings. The van der Waals surface area contributed by atoms with Crippen LogP contribution in [0.3, 0.4) is 0 Å². The number of hydrogen-bond donors (Lipinski definition) is 1. The molecule has 0 fully saturated rings. The quantitative estimate of drug-likeness (QED) is 0.911. The zero-order chi connectivity index (χ0) is 12.4. The molecule has 0 bridgehead atoms. The number of furan rings is 1. The summed E-state index contributed by atoms with van der Waals surface area (Å²) in [5.41, 5.74) is 2.11. The number of rotatable bonds is 4. The van der Waals surface area contributed by atoms with E-state index in [0.29, 0.717) is 11.6 Å². The zero-order valence-corrected chi connectivity index (χ0v) is 11.0. The van der Waals surface area contributed by atoms with Gasteiger partial charge in [0.1, 0.15) is 11.5 Å². The van der Waals surface area contributed by atoms with Gasteiger partial charge in [-0.15, -0.1) is 0 Å². The molecule has 0 saturated carbocycles. The summed E-state index contributed by atoms with van der Waals surface area (Å²) < 4.78 is 7.59. The summed E-state index contributed by atoms with van der Waals surface area (Å²) in [5.74, 6) is 1.87. The Morgan fingerprint density at radius 3 is 2.82 bits per heavy atom. The Morgan fingerprint density at radius 1 is 1.47 bits per heavy atom. The Bertz CT molecular complexity index is 516. The molecule has 2 heterocycles. The van der Waals surface area contributed by atoms with Crippen molar-refractivity contribution in [3.63, 3.8) is 0 Å². The molecule has 0 spiro atoms. The lowest BCUT2D eigenvalue weighted by atomic mass is 10.2. The monoisotopic (exact) mass is 253 g/mol. The first-order valence-electron chi connectivity index (χ1n) is 5.52. The minimum absolute atomic E-state index is 0.614. The average Bonchev–Trinajstić information content (AvgIpc) is 2.78. The molecular formula is C12H16ClN3O. The second-order valence-corrected chi connectivity index (χ2v) is 4.49. The lowest BCUT2D eigenvalue weighted by Crippen LogP contribution is -2.05. The molecule has 0 aliphatic heterocycles. The summed E-state index contributed by atoms with van der Waals surface area (Å²) in [7, 11) is 1.90. The molecule has 0 aliphatic rings. The molecule has 92 valence electrons. The Morgan fingerprint density at radius 2 is 2.24 bits per heavy atom. The van der Waals surface area contributed by atoms with Gasteiger partial charge in [0.15, 0.2) is 0 Å². The Kier molecular flexibility index (Phi) is 3.54. The summed E-state index contributed by atoms with van der Waals surface area (Å²) in [5, 5.41) is 7.97. The zero-order valence-electron chi connectivity index (χ0n) is 10.2. The van der Waals surface area contributed by atoms with E-state index in [2.05, 4.69) is 10.4 Å². The van der Waals surface area contributed by atoms with Gasteiger partial charge in [0.25, 0.3) is 0 Å². The first-order valence-corrected chi connectivity index (χ1v) is 5.90. The molecule has 5 heteroatoms. The van der Waals surface area contributed by atoms with Gasteiger partial charge >= 0.3 is 0 Å². The van der Waals surface area contributed by atoms with Crippen LogP contribution >= 0.6 is 11.6 Å². The van der Waals surface area contributed by atoms with E-state index >= 15 is 0 Å². The van der Waals surface area contributed by atoms with Gasteiger partial charge in [0.2, 0.25) is 0 Å². The van der Waals surface area contributed by atoms with Crippen LogP contribution in [-0.4, -0.2) is 16.8 Å². The highest BCUT2D eigenvalue weighted by Crippen LogP contribution is 2.18. The van der Waals surface area contributed by atoms with E-state index in [0.717, 1.165) is 29.3 Å². The lowest BCUT2D eigenvalue weighted by molar-refractivity contribution is 0.433. The van der Waals surface area contributed by atoms with Gasteiger partial charge < -0.3 is 9.73 Å². The van der Waals surface area contributed by atoms with Crippen LogP contribution in [0, 0.1) is 13.8 Å². The Hall–Kier alpha value is -1.26. The van der Waals surface area contributed by atoms with Crippen molar-refractivity contribution in [2.24, 2.45) is 0 Å². The predicted molar refractivity (Wildman–Crippen MR) is 67.3 cm³/mol. The summed E-state index contributed by atoms with van der Waals surface area (Å²) in [4.78, 5) is 0. The molecule has 2 rings (SSSR count). The standard InChI is InChI=1S/C12H16ClN3O/c1-8-4-10(17-12(8)6-14-3)7-16-9(2)11(13)5-15-16/h4-5,14H,6-7H2,1-3H3. The van der Waals surface area contributed by atoms with E-state index in [4.69, 9.17) is 16.0 Å². The number of aromatic nitrogens is 2. The predicted octanol–water partition coefficient (Wildman–Crippen LogP) is 2.51. The lowest BCUT2D eigenvalue weighted by Gasteiger charge is -2.01. The van der Waals surface area contributed by atoms with Crippen LogP contribution in [0.15, 0.2) is 16.7 Å². The topological polar surface area (TPSA) is 43.0 Å². The molecule has 1 N–H and O–H groups in total. The third-order valence-electron chi connectivity index (χ3n) is 2.76. The van der Waals surface area contributed by atoms with Crippen molar-refractivity contribution in [2.45, 2.75) is 26.9 Å². The van der Waals surface area contributed by atoms with E-state index < -0.39 is 0 Å². The third-order valence-corrected chi connectivity index (χ3v) is 3.13. The van der Waals surface area contributed by atoms with Crippen molar-refractivity contribution in [2.75, 3.05) is 7.05 Å². The molecule has 4 nitrogen and oxygen atoms in total. The highest BCUT2D eigenvalue weighted by Gasteiger charge is 2.10. The summed E-state index contributed by atoms with van der Waals surface area (Å²) in [6.07, 6.45) is 1.65. The van der Waals surface area contributed by atoms with Gasteiger partial charge in [0, 0.05) is 0 Å². The maximum Gasteiger partial charge on any atom is 0.126 e. The first kappa shape index (κ1) is 12.2. The minimum Gasteiger partial charge on any atom is -0.462 e. The normalized spacial score (nSPS) is 11.1. The van der Waals surface area contributed by atoms with Crippen molar-refractivity contribution in [3.05, 3.63) is 40.1 Å². The highest BCUT2D eigenvalue weighted by atomic mass is 35.5. The maximum absolute atomic E-state index is 5.96. The Labute approximate surface area is 106 Å². The van der Waals surface area contributed by atoms with E-state index in [1.165, 1.54) is 0 Å². The second-order valence-electron chi connectivity index (χ2n) is 4.08. The molecule has 0 radical (unpaired) electrons. The molecule has 0 aromatic carbocycles. The molecule has 17 heavy (non-hydrogen) atoms. The van der Waals surface area contributed by atoms with Crippen LogP contribution in [0.1, 0.15) is 22.8 Å². The number of nitrogens with one attached hydrogen (secondary N) is 1. The molecule has 0 unspecified atom stereocenters. The SMILES string of the molecule is CNCc1oc(Cn2ncc(Cl)c2C)cc1C. The van der Waals surface area contributed by atoms with Crippen molar-refractivity contribution >= 4 is 11.6 Å². The van der Waals surface area contributed by atoms with Gasteiger partial charge in [-0.3, -0.25) is 4.68 Å². The molecular weight excluding hydrogens is 238 g/mol. The van der Waals surface area contributed by atoms with Gasteiger partial charge in [0.05, 0.1) is 30.0 Å². The van der Waals surface area contributed by atoms with E-state index in [-0.39, 0.29) is 0 Å². The molecule has 2 aromatic heterocycles. The Balaban J connectivity index is 2.19. The highest BCUT2D eigenvalue weighted by molar-refractivity contribution is 6.31. The van der Waals surface area contributed by atoms with Crippen LogP contribution < -0.4 is 5.32 Å². The summed E-state index contributed by atoms with van der Waals surface area (Å²) in [6, 6.07) is 2.04. The average molecular weight is 254 g/mol. The van der Waals surface area contributed by atoms with Crippen LogP contribution in [0.25, 0.3) is 0 Å². The van der Waals surface area contributed by atoms with Crippen LogP contribution in [0.2, 0.25) is 5.02 Å².